The number of nitrogens with one attached hydrogen (secondary N) is 3. The topological polar surface area (TPSA) is 108 Å². The molecule has 0 atom stereocenters. The lowest BCUT2D eigenvalue weighted by atomic mass is 9.82. The summed E-state index contributed by atoms with van der Waals surface area (Å²) >= 11 is 0. The smallest absolute Gasteiger partial charge is 0.326 e. The summed E-state index contributed by atoms with van der Waals surface area (Å²) in [5.74, 6) is -1.00. The molecule has 8 nitrogen and oxygen atoms in total. The Kier molecular flexibility index (Phi) is 4.92. The van der Waals surface area contributed by atoms with Gasteiger partial charge < -0.3 is 10.6 Å². The number of benzene rings is 1. The van der Waals surface area contributed by atoms with Crippen LogP contribution in [-0.4, -0.2) is 34.3 Å². The van der Waals surface area contributed by atoms with E-state index in [0.29, 0.717) is 24.1 Å². The molecule has 2 fully saturated rings. The molecule has 1 aliphatic heterocycles. The number of rotatable bonds is 4. The summed E-state index contributed by atoms with van der Waals surface area (Å²) in [6.07, 6.45) is 4.04. The molecule has 26 heavy (non-hydrogen) atoms. The fourth-order valence-corrected chi connectivity index (χ4v) is 3.47. The zero-order valence-electron chi connectivity index (χ0n) is 14.6. The second-order valence-electron chi connectivity index (χ2n) is 6.80. The lowest BCUT2D eigenvalue weighted by Crippen LogP contribution is -2.51. The maximum Gasteiger partial charge on any atom is 0.344 e. The van der Waals surface area contributed by atoms with Gasteiger partial charge in [0.2, 0.25) is 11.8 Å². The molecule has 1 saturated heterocycles. The number of nitrogens with zero attached hydrogens (tertiary/aromatic N) is 1. The van der Waals surface area contributed by atoms with Crippen molar-refractivity contribution in [3.05, 3.63) is 29.8 Å². The zero-order chi connectivity index (χ0) is 18.7. The van der Waals surface area contributed by atoms with E-state index in [9.17, 15) is 19.2 Å². The second-order valence-corrected chi connectivity index (χ2v) is 6.80. The maximum absolute atomic E-state index is 12.6. The molecule has 0 radical (unpaired) electrons. The third-order valence-corrected chi connectivity index (χ3v) is 4.74. The quantitative estimate of drug-likeness (QED) is 0.709. The number of anilines is 1. The molecule has 0 bridgehead atoms. The Morgan fingerprint density at radius 3 is 2.38 bits per heavy atom. The highest BCUT2D eigenvalue weighted by Crippen LogP contribution is 2.32. The van der Waals surface area contributed by atoms with E-state index < -0.39 is 17.5 Å². The van der Waals surface area contributed by atoms with Gasteiger partial charge in [-0.25, -0.2) is 4.79 Å². The number of urea groups is 1. The first-order valence-electron chi connectivity index (χ1n) is 8.72. The van der Waals surface area contributed by atoms with E-state index in [0.717, 1.165) is 24.3 Å². The highest BCUT2D eigenvalue weighted by molar-refractivity contribution is 6.08. The van der Waals surface area contributed by atoms with Crippen molar-refractivity contribution in [2.75, 3.05) is 5.32 Å². The van der Waals surface area contributed by atoms with E-state index in [-0.39, 0.29) is 18.2 Å². The summed E-state index contributed by atoms with van der Waals surface area (Å²) in [5.41, 5.74) is 2.89. The van der Waals surface area contributed by atoms with Crippen molar-refractivity contribution < 1.29 is 19.2 Å². The Hall–Kier alpha value is -2.90. The summed E-state index contributed by atoms with van der Waals surface area (Å²) in [6, 6.07) is 6.22. The summed E-state index contributed by atoms with van der Waals surface area (Å²) in [4.78, 5) is 48.0. The van der Waals surface area contributed by atoms with Gasteiger partial charge in [0.25, 0.3) is 5.91 Å². The summed E-state index contributed by atoms with van der Waals surface area (Å²) in [7, 11) is 0. The first kappa shape index (κ1) is 17.9. The number of hydrazine groups is 1. The summed E-state index contributed by atoms with van der Waals surface area (Å²) in [5, 5.41) is 6.19. The normalized spacial score (nSPS) is 18.6. The first-order valence-corrected chi connectivity index (χ1v) is 8.72. The fraction of sp³-hybridized carbons (Fsp3) is 0.444. The van der Waals surface area contributed by atoms with Crippen molar-refractivity contribution >= 4 is 29.4 Å². The summed E-state index contributed by atoms with van der Waals surface area (Å²) < 4.78 is 0. The molecule has 1 spiro atoms. The molecule has 1 heterocycles. The number of carbonyl (C=O) groups is 4. The molecule has 0 unspecified atom stereocenters. The van der Waals surface area contributed by atoms with Crippen molar-refractivity contribution in [1.82, 2.24) is 15.8 Å². The van der Waals surface area contributed by atoms with Crippen LogP contribution in [0.15, 0.2) is 24.3 Å². The molecule has 1 aromatic rings. The van der Waals surface area contributed by atoms with Gasteiger partial charge in [-0.05, 0) is 30.5 Å². The van der Waals surface area contributed by atoms with Gasteiger partial charge in [0.05, 0.1) is 6.42 Å². The predicted molar refractivity (Wildman–Crippen MR) is 93.8 cm³/mol. The number of hydrogen-bond acceptors (Lipinski definition) is 4. The lowest BCUT2D eigenvalue weighted by Gasteiger charge is -2.30. The monoisotopic (exact) mass is 358 g/mol. The Bertz CT molecular complexity index is 738. The average Bonchev–Trinajstić information content (AvgIpc) is 2.81. The lowest BCUT2D eigenvalue weighted by molar-refractivity contribution is -0.139. The van der Waals surface area contributed by atoms with Crippen LogP contribution in [0.25, 0.3) is 0 Å². The molecule has 8 heteroatoms. The summed E-state index contributed by atoms with van der Waals surface area (Å²) in [6.45, 7) is 1.42. The van der Waals surface area contributed by atoms with Gasteiger partial charge in [0.1, 0.15) is 5.54 Å². The van der Waals surface area contributed by atoms with Crippen molar-refractivity contribution in [2.45, 2.75) is 51.0 Å². The Morgan fingerprint density at radius 1 is 1.12 bits per heavy atom. The zero-order valence-corrected chi connectivity index (χ0v) is 14.6. The van der Waals surface area contributed by atoms with Gasteiger partial charge in [-0.1, -0.05) is 31.4 Å². The molecule has 5 amide bonds. The van der Waals surface area contributed by atoms with Crippen molar-refractivity contribution in [3.63, 3.8) is 0 Å². The number of hydrogen-bond donors (Lipinski definition) is 3. The van der Waals surface area contributed by atoms with Crippen LogP contribution in [0.1, 0.15) is 44.6 Å². The van der Waals surface area contributed by atoms with Gasteiger partial charge in [-0.15, -0.1) is 0 Å². The number of carbonyl (C=O) groups excluding carboxylic acids is 4. The van der Waals surface area contributed by atoms with Crippen LogP contribution in [-0.2, 0) is 20.8 Å². The molecule has 1 saturated carbocycles. The molecular weight excluding hydrogens is 336 g/mol. The Morgan fingerprint density at radius 2 is 1.77 bits per heavy atom. The van der Waals surface area contributed by atoms with Gasteiger partial charge in [-0.3, -0.25) is 19.8 Å². The highest BCUT2D eigenvalue weighted by atomic mass is 16.2. The highest BCUT2D eigenvalue weighted by Gasteiger charge is 2.52. The minimum Gasteiger partial charge on any atom is -0.326 e. The average molecular weight is 358 g/mol. The number of amides is 5. The molecule has 1 aliphatic carbocycles. The minimum atomic E-state index is -0.859. The van der Waals surface area contributed by atoms with Gasteiger partial charge >= 0.3 is 6.03 Å². The van der Waals surface area contributed by atoms with Crippen LogP contribution in [0.2, 0.25) is 0 Å². The maximum atomic E-state index is 12.6. The molecular formula is C18H22N4O4. The molecule has 0 aromatic heterocycles. The third kappa shape index (κ3) is 3.68. The van der Waals surface area contributed by atoms with Crippen molar-refractivity contribution in [2.24, 2.45) is 0 Å². The van der Waals surface area contributed by atoms with Crippen LogP contribution in [0, 0.1) is 0 Å². The van der Waals surface area contributed by atoms with Crippen LogP contribution >= 0.6 is 0 Å². The van der Waals surface area contributed by atoms with Crippen molar-refractivity contribution in [3.8, 4) is 0 Å². The number of imide groups is 1. The standard InChI is InChI=1S/C18H22N4O4/c1-12(23)19-14-7-5-13(6-8-14)11-15(24)21-22-16(25)18(20-17(22)26)9-3-2-4-10-18/h5-8H,2-4,9-11H2,1H3,(H,19,23)(H,20,26)(H,21,24). The molecule has 2 aliphatic rings. The van der Waals surface area contributed by atoms with Gasteiger partial charge in [-0.2, -0.15) is 5.01 Å². The second kappa shape index (κ2) is 7.15. The van der Waals surface area contributed by atoms with E-state index >= 15 is 0 Å². The van der Waals surface area contributed by atoms with E-state index in [4.69, 9.17) is 0 Å². The van der Waals surface area contributed by atoms with Gasteiger partial charge in [0.15, 0.2) is 0 Å². The van der Waals surface area contributed by atoms with Crippen molar-refractivity contribution in [1.29, 1.82) is 0 Å². The van der Waals surface area contributed by atoms with Crippen LogP contribution in [0.5, 0.6) is 0 Å². The third-order valence-electron chi connectivity index (χ3n) is 4.74. The fourth-order valence-electron chi connectivity index (χ4n) is 3.47. The van der Waals surface area contributed by atoms with Crippen LogP contribution in [0.3, 0.4) is 0 Å². The molecule has 3 N–H and O–H groups in total. The van der Waals surface area contributed by atoms with E-state index in [1.54, 1.807) is 24.3 Å². The van der Waals surface area contributed by atoms with Gasteiger partial charge in [0, 0.05) is 12.6 Å². The minimum absolute atomic E-state index is 0.0183. The van der Waals surface area contributed by atoms with E-state index in [1.807, 2.05) is 0 Å². The SMILES string of the molecule is CC(=O)Nc1ccc(CC(=O)NN2C(=O)NC3(CCCCC3)C2=O)cc1. The molecule has 1 aromatic carbocycles. The Balaban J connectivity index is 1.60. The molecule has 3 rings (SSSR count). The molecule has 138 valence electrons. The van der Waals surface area contributed by atoms with E-state index in [1.165, 1.54) is 6.92 Å². The Labute approximate surface area is 151 Å². The van der Waals surface area contributed by atoms with Crippen LogP contribution < -0.4 is 16.1 Å². The van der Waals surface area contributed by atoms with E-state index in [2.05, 4.69) is 16.1 Å². The predicted octanol–water partition coefficient (Wildman–Crippen LogP) is 1.47. The largest absolute Gasteiger partial charge is 0.344 e. The van der Waals surface area contributed by atoms with Crippen LogP contribution in [0.4, 0.5) is 10.5 Å². The first-order chi connectivity index (χ1) is 12.4.